The molecule has 2 aliphatic heterocycles. The van der Waals surface area contributed by atoms with Crippen LogP contribution in [0.5, 0.6) is 0 Å². The van der Waals surface area contributed by atoms with Crippen molar-refractivity contribution in [3.8, 4) is 0 Å². The number of hydrogen-bond acceptors (Lipinski definition) is 4. The highest BCUT2D eigenvalue weighted by Gasteiger charge is 2.35. The van der Waals surface area contributed by atoms with Gasteiger partial charge in [0, 0.05) is 43.7 Å². The molecule has 158 valence electrons. The molecule has 0 fully saturated rings. The molecule has 1 aromatic heterocycles. The highest BCUT2D eigenvalue weighted by molar-refractivity contribution is 6.09. The van der Waals surface area contributed by atoms with Gasteiger partial charge in [0.05, 0.1) is 18.4 Å². The van der Waals surface area contributed by atoms with Gasteiger partial charge in [-0.2, -0.15) is 13.2 Å². The Hall–Kier alpha value is -2.58. The summed E-state index contributed by atoms with van der Waals surface area (Å²) in [6, 6.07) is 1.25. The van der Waals surface area contributed by atoms with Gasteiger partial charge in [0.15, 0.2) is 0 Å². The Morgan fingerprint density at radius 3 is 2.62 bits per heavy atom. The Bertz CT molecular complexity index is 847. The molecule has 6 nitrogen and oxygen atoms in total. The van der Waals surface area contributed by atoms with Crippen molar-refractivity contribution in [1.82, 2.24) is 15.2 Å². The number of fused-ring (bicyclic) bond motifs is 1. The zero-order chi connectivity index (χ0) is 21.3. The number of amides is 1. The van der Waals surface area contributed by atoms with Gasteiger partial charge in [-0.15, -0.1) is 0 Å². The normalized spacial score (nSPS) is 17.5. The van der Waals surface area contributed by atoms with E-state index >= 15 is 0 Å². The fourth-order valence-electron chi connectivity index (χ4n) is 3.79. The Kier molecular flexibility index (Phi) is 5.86. The first-order valence-electron chi connectivity index (χ1n) is 9.74. The van der Waals surface area contributed by atoms with Gasteiger partial charge in [-0.1, -0.05) is 0 Å². The molecule has 0 aliphatic carbocycles. The van der Waals surface area contributed by atoms with Gasteiger partial charge in [-0.3, -0.25) is 10.2 Å². The minimum Gasteiger partial charge on any atom is -0.386 e. The number of nitrogens with one attached hydrogen (secondary N) is 2. The fraction of sp³-hybridized carbons (Fsp3) is 0.550. The number of pyridine rings is 1. The minimum absolute atomic E-state index is 0.0607. The van der Waals surface area contributed by atoms with E-state index in [9.17, 15) is 18.0 Å². The van der Waals surface area contributed by atoms with Crippen LogP contribution in [0.15, 0.2) is 23.5 Å². The number of carbonyl (C=O) groups excluding carboxylic acids is 1. The molecular weight excluding hydrogens is 383 g/mol. The second-order valence-corrected chi connectivity index (χ2v) is 7.75. The summed E-state index contributed by atoms with van der Waals surface area (Å²) in [5.74, 6) is 0.149. The monoisotopic (exact) mass is 409 g/mol. The molecule has 1 aromatic rings. The second kappa shape index (κ2) is 8.04. The van der Waals surface area contributed by atoms with E-state index in [1.54, 1.807) is 9.80 Å². The zero-order valence-corrected chi connectivity index (χ0v) is 16.9. The lowest BCUT2D eigenvalue weighted by molar-refractivity contribution is -0.141. The summed E-state index contributed by atoms with van der Waals surface area (Å²) in [7, 11) is 0. The molecular formula is C20H26F3N5O. The van der Waals surface area contributed by atoms with Gasteiger partial charge in [0.2, 0.25) is 5.91 Å². The van der Waals surface area contributed by atoms with Crippen molar-refractivity contribution in [2.45, 2.75) is 52.3 Å². The number of aryl methyl sites for hydroxylation is 1. The molecule has 3 rings (SSSR count). The smallest absolute Gasteiger partial charge is 0.386 e. The van der Waals surface area contributed by atoms with E-state index in [1.807, 2.05) is 13.8 Å². The van der Waals surface area contributed by atoms with Gasteiger partial charge < -0.3 is 15.1 Å². The van der Waals surface area contributed by atoms with Crippen LogP contribution in [-0.2, 0) is 17.4 Å². The lowest BCUT2D eigenvalue weighted by Gasteiger charge is -2.37. The molecule has 29 heavy (non-hydrogen) atoms. The van der Waals surface area contributed by atoms with Gasteiger partial charge >= 0.3 is 6.18 Å². The summed E-state index contributed by atoms with van der Waals surface area (Å²) in [4.78, 5) is 18.9. The lowest BCUT2D eigenvalue weighted by Crippen LogP contribution is -2.45. The first kappa shape index (κ1) is 21.1. The number of anilines is 1. The summed E-state index contributed by atoms with van der Waals surface area (Å²) in [6.45, 7) is 6.92. The van der Waals surface area contributed by atoms with Crippen LogP contribution in [0, 0.1) is 5.41 Å². The predicted octanol–water partition coefficient (Wildman–Crippen LogP) is 3.33. The second-order valence-electron chi connectivity index (χ2n) is 7.75. The molecule has 2 N–H and O–H groups in total. The molecule has 0 aromatic carbocycles. The Morgan fingerprint density at radius 1 is 1.28 bits per heavy atom. The van der Waals surface area contributed by atoms with E-state index < -0.39 is 11.9 Å². The zero-order valence-electron chi connectivity index (χ0n) is 16.9. The van der Waals surface area contributed by atoms with E-state index in [1.165, 1.54) is 13.1 Å². The summed E-state index contributed by atoms with van der Waals surface area (Å²) in [5.41, 5.74) is 1.78. The maximum Gasteiger partial charge on any atom is 0.433 e. The van der Waals surface area contributed by atoms with Crippen LogP contribution >= 0.6 is 0 Å². The summed E-state index contributed by atoms with van der Waals surface area (Å²) < 4.78 is 39.1. The van der Waals surface area contributed by atoms with Gasteiger partial charge in [0.1, 0.15) is 11.5 Å². The highest BCUT2D eigenvalue weighted by atomic mass is 19.4. The van der Waals surface area contributed by atoms with Crippen LogP contribution < -0.4 is 10.2 Å². The van der Waals surface area contributed by atoms with Crippen LogP contribution in [0.25, 0.3) is 0 Å². The van der Waals surface area contributed by atoms with Crippen molar-refractivity contribution in [2.75, 3.05) is 24.5 Å². The average molecular weight is 409 g/mol. The number of amidine groups is 1. The predicted molar refractivity (Wildman–Crippen MR) is 105 cm³/mol. The molecule has 0 radical (unpaired) electrons. The molecule has 9 heteroatoms. The van der Waals surface area contributed by atoms with Gasteiger partial charge in [-0.25, -0.2) is 4.98 Å². The molecule has 0 bridgehead atoms. The Labute approximate surface area is 168 Å². The summed E-state index contributed by atoms with van der Waals surface area (Å²) in [6.07, 6.45) is -1.50. The number of nitrogens with zero attached hydrogens (tertiary/aromatic N) is 3. The minimum atomic E-state index is -4.49. The fourth-order valence-corrected chi connectivity index (χ4v) is 3.79. The van der Waals surface area contributed by atoms with E-state index in [2.05, 4.69) is 10.3 Å². The van der Waals surface area contributed by atoms with Gasteiger partial charge in [0.25, 0.3) is 0 Å². The third-order valence-electron chi connectivity index (χ3n) is 5.18. The van der Waals surface area contributed by atoms with Crippen molar-refractivity contribution in [2.24, 2.45) is 0 Å². The third-order valence-corrected chi connectivity index (χ3v) is 5.18. The van der Waals surface area contributed by atoms with E-state index in [4.69, 9.17) is 5.41 Å². The number of halogens is 3. The number of aromatic nitrogens is 1. The van der Waals surface area contributed by atoms with Crippen LogP contribution in [-0.4, -0.2) is 47.3 Å². The Balaban J connectivity index is 1.96. The summed E-state index contributed by atoms with van der Waals surface area (Å²) in [5, 5.41) is 12.2. The van der Waals surface area contributed by atoms with Crippen molar-refractivity contribution in [3.05, 3.63) is 34.8 Å². The summed E-state index contributed by atoms with van der Waals surface area (Å²) >= 11 is 0. The maximum absolute atomic E-state index is 13.0. The van der Waals surface area contributed by atoms with Crippen LogP contribution in [0.3, 0.4) is 0 Å². The van der Waals surface area contributed by atoms with E-state index in [0.717, 1.165) is 11.8 Å². The van der Waals surface area contributed by atoms with E-state index in [0.29, 0.717) is 55.7 Å². The van der Waals surface area contributed by atoms with Crippen molar-refractivity contribution >= 4 is 17.4 Å². The molecule has 0 saturated heterocycles. The molecule has 0 unspecified atom stereocenters. The van der Waals surface area contributed by atoms with Crippen molar-refractivity contribution in [3.63, 3.8) is 0 Å². The average Bonchev–Trinajstić information content (AvgIpc) is 2.65. The largest absolute Gasteiger partial charge is 0.433 e. The van der Waals surface area contributed by atoms with Crippen LogP contribution in [0.2, 0.25) is 0 Å². The standard InChI is InChI=1S/C20H26F3N5O/c1-12(2)26-16-6-8-27(13(3)29)11-15(16)19(24)28-7-4-5-14-9-18(20(21,22)23)25-10-17(14)28/h9-10,12,24,26H,4-8,11H2,1-3H3. The molecule has 3 heterocycles. The molecule has 1 amide bonds. The number of carbonyl (C=O) groups is 1. The Morgan fingerprint density at radius 2 is 2.00 bits per heavy atom. The lowest BCUT2D eigenvalue weighted by atomic mass is 9.98. The third kappa shape index (κ3) is 4.54. The van der Waals surface area contributed by atoms with Crippen molar-refractivity contribution < 1.29 is 18.0 Å². The van der Waals surface area contributed by atoms with Gasteiger partial charge in [-0.05, 0) is 38.3 Å². The first-order valence-corrected chi connectivity index (χ1v) is 9.74. The maximum atomic E-state index is 13.0. The van der Waals surface area contributed by atoms with Crippen molar-refractivity contribution in [1.29, 1.82) is 5.41 Å². The highest BCUT2D eigenvalue weighted by Crippen LogP contribution is 2.34. The van der Waals surface area contributed by atoms with Crippen LogP contribution in [0.4, 0.5) is 18.9 Å². The quantitative estimate of drug-likeness (QED) is 0.593. The van der Waals surface area contributed by atoms with E-state index in [-0.39, 0.29) is 17.8 Å². The molecule has 0 atom stereocenters. The number of hydrogen-bond donors (Lipinski definition) is 2. The molecule has 2 aliphatic rings. The first-order chi connectivity index (χ1) is 13.6. The molecule has 0 spiro atoms. The number of rotatable bonds is 3. The SMILES string of the molecule is CC(=O)N1CCC(NC(C)C)=C(C(=N)N2CCCc3cc(C(F)(F)F)ncc32)C1. The topological polar surface area (TPSA) is 72.3 Å². The van der Waals surface area contributed by atoms with Crippen LogP contribution in [0.1, 0.15) is 44.9 Å². The number of alkyl halides is 3. The molecule has 0 saturated carbocycles.